The number of rotatable bonds is 3. The third kappa shape index (κ3) is 2.79. The van der Waals surface area contributed by atoms with Crippen molar-refractivity contribution in [3.8, 4) is 0 Å². The fourth-order valence-electron chi connectivity index (χ4n) is 0.919. The summed E-state index contributed by atoms with van der Waals surface area (Å²) in [7, 11) is 0. The average molecular weight is 174 g/mol. The van der Waals surface area contributed by atoms with Crippen LogP contribution in [0.1, 0.15) is 13.3 Å². The molecular weight excluding hydrogens is 160 g/mol. The summed E-state index contributed by atoms with van der Waals surface area (Å²) in [5.41, 5.74) is 0. The molecule has 4 heteroatoms. The van der Waals surface area contributed by atoms with E-state index in [2.05, 4.69) is 0 Å². The van der Waals surface area contributed by atoms with Crippen molar-refractivity contribution >= 4 is 5.97 Å². The molecule has 1 rings (SSSR count). The Morgan fingerprint density at radius 2 is 2.42 bits per heavy atom. The van der Waals surface area contributed by atoms with Gasteiger partial charge in [0.25, 0.3) is 0 Å². The summed E-state index contributed by atoms with van der Waals surface area (Å²) < 4.78 is 15.1. The minimum atomic E-state index is -0.509. The molecule has 4 nitrogen and oxygen atoms in total. The van der Waals surface area contributed by atoms with Crippen molar-refractivity contribution in [2.75, 3.05) is 26.4 Å². The van der Waals surface area contributed by atoms with Gasteiger partial charge in [0.1, 0.15) is 0 Å². The number of hydrogen-bond acceptors (Lipinski definition) is 4. The first kappa shape index (κ1) is 9.48. The average Bonchev–Trinajstić information content (AvgIpc) is 2.15. The Balaban J connectivity index is 2.20. The molecule has 1 heterocycles. The van der Waals surface area contributed by atoms with Crippen molar-refractivity contribution in [1.29, 1.82) is 0 Å². The van der Waals surface area contributed by atoms with Gasteiger partial charge in [-0.3, -0.25) is 0 Å². The maximum absolute atomic E-state index is 11.1. The highest BCUT2D eigenvalue weighted by Gasteiger charge is 2.23. The molecule has 0 spiro atoms. The quantitative estimate of drug-likeness (QED) is 0.579. The SMILES string of the molecule is CCCOC(=O)C1COCCO1. The first-order valence-electron chi connectivity index (χ1n) is 4.20. The lowest BCUT2D eigenvalue weighted by molar-refractivity contribution is -0.170. The van der Waals surface area contributed by atoms with Crippen LogP contribution in [0.25, 0.3) is 0 Å². The number of hydrogen-bond donors (Lipinski definition) is 0. The Kier molecular flexibility index (Phi) is 4.04. The third-order valence-corrected chi connectivity index (χ3v) is 1.53. The molecule has 1 aliphatic rings. The molecule has 1 saturated heterocycles. The van der Waals surface area contributed by atoms with Gasteiger partial charge in [-0.05, 0) is 6.42 Å². The topological polar surface area (TPSA) is 44.8 Å². The standard InChI is InChI=1S/C8H14O4/c1-2-3-12-8(9)7-6-10-4-5-11-7/h7H,2-6H2,1H3. The predicted octanol–water partition coefficient (Wildman–Crippen LogP) is 0.355. The van der Waals surface area contributed by atoms with Gasteiger partial charge in [-0.15, -0.1) is 0 Å². The van der Waals surface area contributed by atoms with E-state index in [1.807, 2.05) is 6.92 Å². The Morgan fingerprint density at radius 1 is 1.58 bits per heavy atom. The smallest absolute Gasteiger partial charge is 0.337 e. The molecule has 0 aliphatic carbocycles. The Morgan fingerprint density at radius 3 is 3.00 bits per heavy atom. The van der Waals surface area contributed by atoms with E-state index in [4.69, 9.17) is 14.2 Å². The van der Waals surface area contributed by atoms with Crippen LogP contribution in [0.2, 0.25) is 0 Å². The minimum absolute atomic E-state index is 0.309. The van der Waals surface area contributed by atoms with Crippen LogP contribution >= 0.6 is 0 Å². The van der Waals surface area contributed by atoms with Gasteiger partial charge in [-0.1, -0.05) is 6.92 Å². The van der Waals surface area contributed by atoms with E-state index in [1.165, 1.54) is 0 Å². The van der Waals surface area contributed by atoms with Crippen molar-refractivity contribution in [1.82, 2.24) is 0 Å². The molecule has 1 unspecified atom stereocenters. The van der Waals surface area contributed by atoms with Crippen molar-refractivity contribution < 1.29 is 19.0 Å². The predicted molar refractivity (Wildman–Crippen MR) is 41.8 cm³/mol. The Hall–Kier alpha value is -0.610. The maximum atomic E-state index is 11.1. The van der Waals surface area contributed by atoms with Gasteiger partial charge in [0.05, 0.1) is 26.4 Å². The summed E-state index contributed by atoms with van der Waals surface area (Å²) in [4.78, 5) is 11.1. The van der Waals surface area contributed by atoms with Crippen LogP contribution in [0.5, 0.6) is 0 Å². The normalized spacial score (nSPS) is 23.6. The van der Waals surface area contributed by atoms with Crippen molar-refractivity contribution in [3.05, 3.63) is 0 Å². The largest absolute Gasteiger partial charge is 0.464 e. The van der Waals surface area contributed by atoms with Crippen LogP contribution in [0.3, 0.4) is 0 Å². The van der Waals surface area contributed by atoms with Crippen LogP contribution in [-0.4, -0.2) is 38.5 Å². The van der Waals surface area contributed by atoms with E-state index in [9.17, 15) is 4.79 Å². The fraction of sp³-hybridized carbons (Fsp3) is 0.875. The van der Waals surface area contributed by atoms with Gasteiger partial charge >= 0.3 is 5.97 Å². The zero-order valence-corrected chi connectivity index (χ0v) is 7.25. The number of ether oxygens (including phenoxy) is 3. The molecule has 1 fully saturated rings. The van der Waals surface area contributed by atoms with E-state index in [0.29, 0.717) is 26.4 Å². The highest BCUT2D eigenvalue weighted by molar-refractivity contribution is 5.74. The summed E-state index contributed by atoms with van der Waals surface area (Å²) in [6.45, 7) is 3.77. The highest BCUT2D eigenvalue weighted by atomic mass is 16.6. The maximum Gasteiger partial charge on any atom is 0.337 e. The monoisotopic (exact) mass is 174 g/mol. The molecule has 1 atom stereocenters. The summed E-state index contributed by atoms with van der Waals surface area (Å²) in [5.74, 6) is -0.309. The van der Waals surface area contributed by atoms with Gasteiger partial charge in [-0.25, -0.2) is 4.79 Å². The van der Waals surface area contributed by atoms with Crippen LogP contribution in [0.15, 0.2) is 0 Å². The molecule has 0 aromatic heterocycles. The second-order valence-electron chi connectivity index (χ2n) is 2.60. The number of carbonyl (C=O) groups excluding carboxylic acids is 1. The van der Waals surface area contributed by atoms with E-state index in [1.54, 1.807) is 0 Å². The number of carbonyl (C=O) groups is 1. The Labute approximate surface area is 71.8 Å². The zero-order chi connectivity index (χ0) is 8.81. The zero-order valence-electron chi connectivity index (χ0n) is 7.25. The molecular formula is C8H14O4. The second-order valence-corrected chi connectivity index (χ2v) is 2.60. The van der Waals surface area contributed by atoms with Gasteiger partial charge in [0.2, 0.25) is 0 Å². The van der Waals surface area contributed by atoms with Crippen LogP contribution in [-0.2, 0) is 19.0 Å². The van der Waals surface area contributed by atoms with Gasteiger partial charge in [-0.2, -0.15) is 0 Å². The molecule has 70 valence electrons. The van der Waals surface area contributed by atoms with Gasteiger partial charge in [0, 0.05) is 0 Å². The number of esters is 1. The summed E-state index contributed by atoms with van der Waals surface area (Å²) in [5, 5.41) is 0. The van der Waals surface area contributed by atoms with Gasteiger partial charge in [0.15, 0.2) is 6.10 Å². The molecule has 0 saturated carbocycles. The van der Waals surface area contributed by atoms with Crippen LogP contribution in [0, 0.1) is 0 Å². The lowest BCUT2D eigenvalue weighted by Crippen LogP contribution is -2.36. The summed E-state index contributed by atoms with van der Waals surface area (Å²) in [6, 6.07) is 0. The molecule has 0 N–H and O–H groups in total. The fourth-order valence-corrected chi connectivity index (χ4v) is 0.919. The lowest BCUT2D eigenvalue weighted by Gasteiger charge is -2.21. The summed E-state index contributed by atoms with van der Waals surface area (Å²) >= 11 is 0. The molecule has 0 bridgehead atoms. The van der Waals surface area contributed by atoms with E-state index in [-0.39, 0.29) is 5.97 Å². The van der Waals surface area contributed by atoms with Gasteiger partial charge < -0.3 is 14.2 Å². The van der Waals surface area contributed by atoms with Crippen LogP contribution < -0.4 is 0 Å². The first-order chi connectivity index (χ1) is 5.84. The van der Waals surface area contributed by atoms with E-state index < -0.39 is 6.10 Å². The lowest BCUT2D eigenvalue weighted by atomic mass is 10.3. The van der Waals surface area contributed by atoms with E-state index >= 15 is 0 Å². The second kappa shape index (κ2) is 5.11. The molecule has 0 aromatic rings. The molecule has 1 aliphatic heterocycles. The van der Waals surface area contributed by atoms with Crippen molar-refractivity contribution in [3.63, 3.8) is 0 Å². The molecule has 0 amide bonds. The Bertz CT molecular complexity index is 140. The minimum Gasteiger partial charge on any atom is -0.464 e. The molecule has 12 heavy (non-hydrogen) atoms. The summed E-state index contributed by atoms with van der Waals surface area (Å²) in [6.07, 6.45) is 0.324. The first-order valence-corrected chi connectivity index (χ1v) is 4.20. The molecule has 0 aromatic carbocycles. The van der Waals surface area contributed by atoms with E-state index in [0.717, 1.165) is 6.42 Å². The van der Waals surface area contributed by atoms with Crippen molar-refractivity contribution in [2.45, 2.75) is 19.4 Å². The van der Waals surface area contributed by atoms with Crippen LogP contribution in [0.4, 0.5) is 0 Å². The van der Waals surface area contributed by atoms with Crippen molar-refractivity contribution in [2.24, 2.45) is 0 Å². The third-order valence-electron chi connectivity index (χ3n) is 1.53. The highest BCUT2D eigenvalue weighted by Crippen LogP contribution is 2.02. The molecule has 0 radical (unpaired) electrons.